The molecular formula is C19H23BrN4O2. The molecular weight excluding hydrogens is 396 g/mol. The standard InChI is InChI=1S/C19H23BrN4O2/c1-12-11-25-7-6-24(12)14-4-2-13(3-5-14)23-19-18(20)16-8-15(9-21)26-17(16)10-22-19/h8,10,12-14H,2-7,11H2,1H3,(H,22,23)/t12-,13?,14?/m1/s1. The van der Waals surface area contributed by atoms with E-state index < -0.39 is 0 Å². The Hall–Kier alpha value is -1.62. The maximum Gasteiger partial charge on any atom is 0.204 e. The highest BCUT2D eigenvalue weighted by Gasteiger charge is 2.30. The van der Waals surface area contributed by atoms with Crippen LogP contribution in [0, 0.1) is 11.3 Å². The summed E-state index contributed by atoms with van der Waals surface area (Å²) in [4.78, 5) is 7.10. The molecule has 0 bridgehead atoms. The van der Waals surface area contributed by atoms with E-state index in [1.165, 1.54) is 12.8 Å². The first-order valence-corrected chi connectivity index (χ1v) is 10.0. The van der Waals surface area contributed by atoms with Crippen LogP contribution in [0.5, 0.6) is 0 Å². The van der Waals surface area contributed by atoms with Crippen molar-refractivity contribution in [2.45, 2.75) is 50.7 Å². The molecule has 0 radical (unpaired) electrons. The third kappa shape index (κ3) is 3.46. The van der Waals surface area contributed by atoms with Gasteiger partial charge in [-0.1, -0.05) is 0 Å². The molecule has 2 aromatic heterocycles. The molecule has 1 aliphatic heterocycles. The fourth-order valence-corrected chi connectivity index (χ4v) is 4.69. The molecule has 1 saturated heterocycles. The number of morpholine rings is 1. The van der Waals surface area contributed by atoms with Crippen LogP contribution < -0.4 is 5.32 Å². The van der Waals surface area contributed by atoms with E-state index >= 15 is 0 Å². The minimum atomic E-state index is 0.305. The minimum Gasteiger partial charge on any atom is -0.444 e. The van der Waals surface area contributed by atoms with Crippen LogP contribution in [0.2, 0.25) is 0 Å². The van der Waals surface area contributed by atoms with Gasteiger partial charge < -0.3 is 14.5 Å². The molecule has 0 unspecified atom stereocenters. The van der Waals surface area contributed by atoms with E-state index in [1.54, 1.807) is 12.3 Å². The fraction of sp³-hybridized carbons (Fsp3) is 0.579. The van der Waals surface area contributed by atoms with Gasteiger partial charge in [-0.15, -0.1) is 0 Å². The number of hydrogen-bond donors (Lipinski definition) is 1. The highest BCUT2D eigenvalue weighted by Crippen LogP contribution is 2.34. The van der Waals surface area contributed by atoms with Crippen molar-refractivity contribution >= 4 is 32.7 Å². The lowest BCUT2D eigenvalue weighted by Gasteiger charge is -2.42. The number of rotatable bonds is 3. The maximum atomic E-state index is 9.00. The van der Waals surface area contributed by atoms with Gasteiger partial charge in [-0.2, -0.15) is 5.26 Å². The van der Waals surface area contributed by atoms with Crippen LogP contribution in [0.4, 0.5) is 5.82 Å². The molecule has 1 N–H and O–H groups in total. The Labute approximate surface area is 161 Å². The second kappa shape index (κ2) is 7.55. The van der Waals surface area contributed by atoms with Crippen LogP contribution in [0.3, 0.4) is 0 Å². The summed E-state index contributed by atoms with van der Waals surface area (Å²) in [5, 5.41) is 13.5. The first-order chi connectivity index (χ1) is 12.7. The van der Waals surface area contributed by atoms with Gasteiger partial charge in [-0.25, -0.2) is 4.98 Å². The maximum absolute atomic E-state index is 9.00. The number of nitriles is 1. The van der Waals surface area contributed by atoms with E-state index in [2.05, 4.69) is 38.1 Å². The summed E-state index contributed by atoms with van der Waals surface area (Å²) in [5.74, 6) is 1.13. The van der Waals surface area contributed by atoms with Crippen molar-refractivity contribution < 1.29 is 9.15 Å². The zero-order valence-corrected chi connectivity index (χ0v) is 16.5. The molecule has 4 rings (SSSR count). The van der Waals surface area contributed by atoms with E-state index in [4.69, 9.17) is 14.4 Å². The number of halogens is 1. The van der Waals surface area contributed by atoms with Crippen molar-refractivity contribution in [1.29, 1.82) is 5.26 Å². The van der Waals surface area contributed by atoms with Crippen LogP contribution in [0.1, 0.15) is 38.4 Å². The lowest BCUT2D eigenvalue weighted by atomic mass is 9.89. The molecule has 0 spiro atoms. The molecule has 1 saturated carbocycles. The summed E-state index contributed by atoms with van der Waals surface area (Å²) in [6.07, 6.45) is 6.36. The summed E-state index contributed by atoms with van der Waals surface area (Å²) >= 11 is 3.62. The predicted molar refractivity (Wildman–Crippen MR) is 103 cm³/mol. The molecule has 2 aromatic rings. The van der Waals surface area contributed by atoms with Gasteiger partial charge in [-0.3, -0.25) is 4.90 Å². The molecule has 3 heterocycles. The van der Waals surface area contributed by atoms with Gasteiger partial charge in [0.25, 0.3) is 0 Å². The summed E-state index contributed by atoms with van der Waals surface area (Å²) in [7, 11) is 0. The molecule has 26 heavy (non-hydrogen) atoms. The van der Waals surface area contributed by atoms with E-state index in [1.807, 2.05) is 6.07 Å². The number of ether oxygens (including phenoxy) is 1. The van der Waals surface area contributed by atoms with Gasteiger partial charge in [0.15, 0.2) is 5.58 Å². The SMILES string of the molecule is C[C@@H]1COCCN1C1CCC(Nc2ncc3oc(C#N)cc3c2Br)CC1. The number of nitrogens with zero attached hydrogens (tertiary/aromatic N) is 3. The normalized spacial score (nSPS) is 27.3. The van der Waals surface area contributed by atoms with Gasteiger partial charge >= 0.3 is 0 Å². The smallest absolute Gasteiger partial charge is 0.204 e. The Morgan fingerprint density at radius 3 is 2.88 bits per heavy atom. The van der Waals surface area contributed by atoms with Gasteiger partial charge in [0.05, 0.1) is 23.9 Å². The molecule has 0 amide bonds. The molecule has 1 atom stereocenters. The topological polar surface area (TPSA) is 74.3 Å². The van der Waals surface area contributed by atoms with Crippen molar-refractivity contribution in [1.82, 2.24) is 9.88 Å². The first kappa shape index (κ1) is 17.8. The Morgan fingerprint density at radius 1 is 1.35 bits per heavy atom. The Morgan fingerprint density at radius 2 is 2.15 bits per heavy atom. The third-order valence-electron chi connectivity index (χ3n) is 5.55. The monoisotopic (exact) mass is 418 g/mol. The van der Waals surface area contributed by atoms with Crippen LogP contribution in [-0.4, -0.2) is 47.8 Å². The predicted octanol–water partition coefficient (Wildman–Crippen LogP) is 3.91. The zero-order chi connectivity index (χ0) is 18.1. The molecule has 2 fully saturated rings. The lowest BCUT2D eigenvalue weighted by Crippen LogP contribution is -2.51. The molecule has 0 aromatic carbocycles. The summed E-state index contributed by atoms with van der Waals surface area (Å²) in [5.41, 5.74) is 0.629. The highest BCUT2D eigenvalue weighted by molar-refractivity contribution is 9.10. The Balaban J connectivity index is 1.40. The molecule has 138 valence electrons. The Kier molecular flexibility index (Phi) is 5.16. The zero-order valence-electron chi connectivity index (χ0n) is 14.9. The summed E-state index contributed by atoms with van der Waals surface area (Å²) in [6.45, 7) is 5.02. The second-order valence-electron chi connectivity index (χ2n) is 7.23. The number of anilines is 1. The largest absolute Gasteiger partial charge is 0.444 e. The van der Waals surface area contributed by atoms with Gasteiger partial charge in [-0.05, 0) is 48.5 Å². The number of nitrogens with one attached hydrogen (secondary N) is 1. The van der Waals surface area contributed by atoms with Crippen LogP contribution >= 0.6 is 15.9 Å². The van der Waals surface area contributed by atoms with Crippen molar-refractivity contribution in [2.75, 3.05) is 25.1 Å². The quantitative estimate of drug-likeness (QED) is 0.814. The molecule has 7 heteroatoms. The van der Waals surface area contributed by atoms with Crippen LogP contribution in [0.15, 0.2) is 21.2 Å². The average Bonchev–Trinajstić information content (AvgIpc) is 3.10. The van der Waals surface area contributed by atoms with E-state index in [-0.39, 0.29) is 0 Å². The van der Waals surface area contributed by atoms with Crippen molar-refractivity contribution in [3.63, 3.8) is 0 Å². The number of pyridine rings is 1. The van der Waals surface area contributed by atoms with E-state index in [0.29, 0.717) is 29.5 Å². The molecule has 2 aliphatic rings. The summed E-state index contributed by atoms with van der Waals surface area (Å²) < 4.78 is 11.9. The second-order valence-corrected chi connectivity index (χ2v) is 8.03. The van der Waals surface area contributed by atoms with Crippen LogP contribution in [0.25, 0.3) is 11.0 Å². The van der Waals surface area contributed by atoms with E-state index in [0.717, 1.165) is 48.3 Å². The number of fused-ring (bicyclic) bond motifs is 1. The number of aromatic nitrogens is 1. The minimum absolute atomic E-state index is 0.305. The number of furan rings is 1. The molecule has 1 aliphatic carbocycles. The fourth-order valence-electron chi connectivity index (χ4n) is 4.16. The summed E-state index contributed by atoms with van der Waals surface area (Å²) in [6, 6.07) is 5.40. The van der Waals surface area contributed by atoms with Crippen molar-refractivity contribution in [3.8, 4) is 6.07 Å². The Bertz CT molecular complexity index is 823. The van der Waals surface area contributed by atoms with Crippen LogP contribution in [-0.2, 0) is 4.74 Å². The van der Waals surface area contributed by atoms with Gasteiger partial charge in [0.1, 0.15) is 11.9 Å². The third-order valence-corrected chi connectivity index (χ3v) is 6.35. The average molecular weight is 419 g/mol. The van der Waals surface area contributed by atoms with Crippen molar-refractivity contribution in [2.24, 2.45) is 0 Å². The number of hydrogen-bond acceptors (Lipinski definition) is 6. The van der Waals surface area contributed by atoms with Gasteiger partial charge in [0.2, 0.25) is 5.76 Å². The lowest BCUT2D eigenvalue weighted by molar-refractivity contribution is -0.0296. The van der Waals surface area contributed by atoms with E-state index in [9.17, 15) is 0 Å². The van der Waals surface area contributed by atoms with Crippen molar-refractivity contribution in [3.05, 3.63) is 22.5 Å². The first-order valence-electron chi connectivity index (χ1n) is 9.24. The highest BCUT2D eigenvalue weighted by atomic mass is 79.9. The van der Waals surface area contributed by atoms with Gasteiger partial charge in [0, 0.05) is 36.1 Å². The molecule has 6 nitrogen and oxygen atoms in total.